The van der Waals surface area contributed by atoms with E-state index in [2.05, 4.69) is 31.2 Å². The van der Waals surface area contributed by atoms with Crippen LogP contribution in [0.1, 0.15) is 5.56 Å². The second-order valence-electron chi connectivity index (χ2n) is 6.23. The van der Waals surface area contributed by atoms with Gasteiger partial charge in [-0.15, -0.1) is 0 Å². The van der Waals surface area contributed by atoms with Crippen LogP contribution in [0.3, 0.4) is 0 Å². The highest BCUT2D eigenvalue weighted by Gasteiger charge is 2.15. The average molecular weight is 332 g/mol. The summed E-state index contributed by atoms with van der Waals surface area (Å²) in [5, 5.41) is 0. The Morgan fingerprint density at radius 2 is 1.12 bits per heavy atom. The average Bonchev–Trinajstić information content (AvgIpc) is 2.69. The van der Waals surface area contributed by atoms with E-state index < -0.39 is 0 Å². The van der Waals surface area contributed by atoms with Crippen molar-refractivity contribution >= 4 is 13.3 Å². The summed E-state index contributed by atoms with van der Waals surface area (Å²) < 4.78 is 0. The van der Waals surface area contributed by atoms with Crippen LogP contribution < -0.4 is 5.46 Å². The number of rotatable bonds is 3. The molecule has 4 aromatic rings. The Morgan fingerprint density at radius 1 is 0.615 bits per heavy atom. The van der Waals surface area contributed by atoms with E-state index in [1.54, 1.807) is 0 Å². The summed E-state index contributed by atoms with van der Waals surface area (Å²) in [7, 11) is 5.97. The molecule has 0 saturated heterocycles. The first kappa shape index (κ1) is 16.3. The summed E-state index contributed by atoms with van der Waals surface area (Å²) in [6.45, 7) is 2.08. The van der Waals surface area contributed by atoms with Gasteiger partial charge in [0.05, 0.1) is 11.4 Å². The third-order valence-corrected chi connectivity index (χ3v) is 4.39. The third kappa shape index (κ3) is 3.16. The molecule has 0 aliphatic heterocycles. The van der Waals surface area contributed by atoms with Crippen molar-refractivity contribution in [3.05, 3.63) is 90.5 Å². The highest BCUT2D eigenvalue weighted by atomic mass is 14.9. The quantitative estimate of drug-likeness (QED) is 0.513. The minimum Gasteiger partial charge on any atom is -0.228 e. The fourth-order valence-electron chi connectivity index (χ4n) is 3.08. The fourth-order valence-corrected chi connectivity index (χ4v) is 3.08. The van der Waals surface area contributed by atoms with Gasteiger partial charge in [-0.05, 0) is 6.92 Å². The molecule has 3 heteroatoms. The summed E-state index contributed by atoms with van der Waals surface area (Å²) in [5.74, 6) is 0.681. The molecule has 0 bridgehead atoms. The first-order chi connectivity index (χ1) is 12.7. The van der Waals surface area contributed by atoms with E-state index in [1.807, 2.05) is 60.7 Å². The van der Waals surface area contributed by atoms with Gasteiger partial charge in [0.25, 0.3) is 0 Å². The van der Waals surface area contributed by atoms with Crippen LogP contribution in [0.5, 0.6) is 0 Å². The van der Waals surface area contributed by atoms with Crippen LogP contribution in [0.2, 0.25) is 0 Å². The SMILES string of the molecule is [B]c1cccc(-c2nc(-c3ccccc3)c(C)c(-c3ccccc3)n2)c1. The molecule has 0 spiro atoms. The van der Waals surface area contributed by atoms with E-state index in [0.29, 0.717) is 11.3 Å². The Hall–Kier alpha value is -3.20. The molecular weight excluding hydrogens is 315 g/mol. The highest BCUT2D eigenvalue weighted by molar-refractivity contribution is 6.32. The zero-order chi connectivity index (χ0) is 17.9. The molecule has 0 fully saturated rings. The Balaban J connectivity index is 1.99. The van der Waals surface area contributed by atoms with E-state index in [-0.39, 0.29) is 0 Å². The lowest BCUT2D eigenvalue weighted by Gasteiger charge is -2.14. The summed E-state index contributed by atoms with van der Waals surface area (Å²) in [5.41, 5.74) is 6.72. The number of benzene rings is 3. The van der Waals surface area contributed by atoms with Crippen molar-refractivity contribution in [3.8, 4) is 33.9 Å². The standard InChI is InChI=1S/C23H17BN2/c1-16-21(17-9-4-2-5-10-17)25-23(19-13-8-14-20(24)15-19)26-22(16)18-11-6-3-7-12-18/h2-15H,1H3. The molecule has 4 rings (SSSR count). The van der Waals surface area contributed by atoms with Crippen LogP contribution in [-0.2, 0) is 0 Å². The fraction of sp³-hybridized carbons (Fsp3) is 0.0435. The Labute approximate surface area is 155 Å². The highest BCUT2D eigenvalue weighted by Crippen LogP contribution is 2.31. The van der Waals surface area contributed by atoms with Gasteiger partial charge < -0.3 is 0 Å². The van der Waals surface area contributed by atoms with Gasteiger partial charge >= 0.3 is 0 Å². The first-order valence-electron chi connectivity index (χ1n) is 8.58. The van der Waals surface area contributed by atoms with Crippen LogP contribution in [0.4, 0.5) is 0 Å². The van der Waals surface area contributed by atoms with Gasteiger partial charge in [-0.1, -0.05) is 90.4 Å². The maximum absolute atomic E-state index is 5.97. The monoisotopic (exact) mass is 332 g/mol. The Morgan fingerprint density at radius 3 is 1.62 bits per heavy atom. The van der Waals surface area contributed by atoms with Crippen LogP contribution in [0.15, 0.2) is 84.9 Å². The molecule has 0 amide bonds. The molecule has 1 heterocycles. The van der Waals surface area contributed by atoms with Crippen molar-refractivity contribution < 1.29 is 0 Å². The molecule has 0 N–H and O–H groups in total. The molecule has 0 aliphatic rings. The number of aromatic nitrogens is 2. The van der Waals surface area contributed by atoms with Crippen molar-refractivity contribution in [2.75, 3.05) is 0 Å². The molecule has 3 aromatic carbocycles. The van der Waals surface area contributed by atoms with Crippen molar-refractivity contribution in [2.45, 2.75) is 6.92 Å². The maximum atomic E-state index is 5.97. The minimum atomic E-state index is 0.681. The topological polar surface area (TPSA) is 25.8 Å². The van der Waals surface area contributed by atoms with Crippen molar-refractivity contribution in [1.82, 2.24) is 9.97 Å². The number of nitrogens with zero attached hydrogens (tertiary/aromatic N) is 2. The zero-order valence-corrected chi connectivity index (χ0v) is 14.6. The molecular formula is C23H17BN2. The molecule has 122 valence electrons. The van der Waals surface area contributed by atoms with Gasteiger partial charge in [0.15, 0.2) is 5.82 Å². The zero-order valence-electron chi connectivity index (χ0n) is 14.6. The lowest BCUT2D eigenvalue weighted by atomic mass is 9.94. The smallest absolute Gasteiger partial charge is 0.160 e. The van der Waals surface area contributed by atoms with Crippen LogP contribution in [0, 0.1) is 6.92 Å². The lowest BCUT2D eigenvalue weighted by molar-refractivity contribution is 1.15. The molecule has 0 saturated carbocycles. The third-order valence-electron chi connectivity index (χ3n) is 4.39. The second-order valence-corrected chi connectivity index (χ2v) is 6.23. The van der Waals surface area contributed by atoms with E-state index >= 15 is 0 Å². The minimum absolute atomic E-state index is 0.681. The van der Waals surface area contributed by atoms with Crippen LogP contribution in [0.25, 0.3) is 33.9 Å². The predicted molar refractivity (Wildman–Crippen MR) is 108 cm³/mol. The maximum Gasteiger partial charge on any atom is 0.160 e. The predicted octanol–water partition coefficient (Wildman–Crippen LogP) is 4.58. The van der Waals surface area contributed by atoms with Gasteiger partial charge in [0.2, 0.25) is 0 Å². The van der Waals surface area contributed by atoms with E-state index in [9.17, 15) is 0 Å². The van der Waals surface area contributed by atoms with Gasteiger partial charge in [0.1, 0.15) is 7.85 Å². The molecule has 0 aliphatic carbocycles. The first-order valence-corrected chi connectivity index (χ1v) is 8.58. The van der Waals surface area contributed by atoms with Crippen molar-refractivity contribution in [1.29, 1.82) is 0 Å². The van der Waals surface area contributed by atoms with E-state index in [0.717, 1.165) is 33.6 Å². The number of hydrogen-bond acceptors (Lipinski definition) is 2. The number of hydrogen-bond donors (Lipinski definition) is 0. The Kier molecular flexibility index (Phi) is 4.36. The molecule has 0 unspecified atom stereocenters. The van der Waals surface area contributed by atoms with Gasteiger partial charge in [-0.3, -0.25) is 0 Å². The molecule has 2 radical (unpaired) electrons. The van der Waals surface area contributed by atoms with E-state index in [4.69, 9.17) is 17.8 Å². The molecule has 1 aromatic heterocycles. The largest absolute Gasteiger partial charge is 0.228 e. The molecule has 0 atom stereocenters. The molecule has 2 nitrogen and oxygen atoms in total. The summed E-state index contributed by atoms with van der Waals surface area (Å²) >= 11 is 0. The van der Waals surface area contributed by atoms with Gasteiger partial charge in [-0.25, -0.2) is 9.97 Å². The van der Waals surface area contributed by atoms with Crippen LogP contribution in [-0.4, -0.2) is 17.8 Å². The van der Waals surface area contributed by atoms with Gasteiger partial charge in [0, 0.05) is 22.3 Å². The van der Waals surface area contributed by atoms with Gasteiger partial charge in [-0.2, -0.15) is 0 Å². The Bertz CT molecular complexity index is 984. The summed E-state index contributed by atoms with van der Waals surface area (Å²) in [6, 6.07) is 28.1. The molecule has 26 heavy (non-hydrogen) atoms. The van der Waals surface area contributed by atoms with Crippen molar-refractivity contribution in [2.24, 2.45) is 0 Å². The van der Waals surface area contributed by atoms with E-state index in [1.165, 1.54) is 0 Å². The normalized spacial score (nSPS) is 10.7. The summed E-state index contributed by atoms with van der Waals surface area (Å²) in [4.78, 5) is 9.75. The lowest BCUT2D eigenvalue weighted by Crippen LogP contribution is -2.04. The second kappa shape index (κ2) is 6.97. The van der Waals surface area contributed by atoms with Crippen molar-refractivity contribution in [3.63, 3.8) is 0 Å². The van der Waals surface area contributed by atoms with Crippen LogP contribution >= 0.6 is 0 Å². The summed E-state index contributed by atoms with van der Waals surface area (Å²) in [6.07, 6.45) is 0.